The van der Waals surface area contributed by atoms with E-state index in [-0.39, 0.29) is 18.9 Å². The maximum atomic E-state index is 12.4. The molecule has 21 heavy (non-hydrogen) atoms. The Labute approximate surface area is 123 Å². The molecular weight excluding hydrogens is 266 g/mol. The van der Waals surface area contributed by atoms with Crippen LogP contribution in [-0.2, 0) is 22.5 Å². The molecule has 0 radical (unpaired) electrons. The molecule has 0 N–H and O–H groups in total. The van der Waals surface area contributed by atoms with Crippen molar-refractivity contribution in [2.24, 2.45) is 0 Å². The molecule has 1 amide bonds. The average Bonchev–Trinajstić information content (AvgIpc) is 2.92. The minimum Gasteiger partial charge on any atom is -0.444 e. The molecule has 0 saturated heterocycles. The Morgan fingerprint density at radius 2 is 1.86 bits per heavy atom. The van der Waals surface area contributed by atoms with Crippen molar-refractivity contribution in [2.45, 2.75) is 19.3 Å². The van der Waals surface area contributed by atoms with E-state index in [0.29, 0.717) is 6.42 Å². The Morgan fingerprint density at radius 1 is 1.14 bits per heavy atom. The van der Waals surface area contributed by atoms with Crippen molar-refractivity contribution in [1.82, 2.24) is 0 Å². The number of carbonyl (C=O) groups excluding carboxylic acids is 1. The Bertz CT molecular complexity index is 627. The Hall–Kier alpha value is -2.33. The summed E-state index contributed by atoms with van der Waals surface area (Å²) in [6, 6.07) is 17.4. The van der Waals surface area contributed by atoms with Gasteiger partial charge in [0, 0.05) is 13.5 Å². The van der Waals surface area contributed by atoms with Crippen molar-refractivity contribution in [1.29, 1.82) is 0 Å². The predicted octanol–water partition coefficient (Wildman–Crippen LogP) is 3.36. The third-order valence-corrected chi connectivity index (χ3v) is 3.61. The zero-order valence-corrected chi connectivity index (χ0v) is 11.9. The summed E-state index contributed by atoms with van der Waals surface area (Å²) in [5.41, 5.74) is 2.93. The molecule has 2 aromatic rings. The zero-order valence-electron chi connectivity index (χ0n) is 11.9. The van der Waals surface area contributed by atoms with Gasteiger partial charge in [-0.2, -0.15) is 0 Å². The van der Waals surface area contributed by atoms with Gasteiger partial charge < -0.3 is 9.47 Å². The van der Waals surface area contributed by atoms with E-state index in [0.717, 1.165) is 16.8 Å². The van der Waals surface area contributed by atoms with E-state index in [1.54, 1.807) is 12.0 Å². The van der Waals surface area contributed by atoms with Gasteiger partial charge in [0.15, 0.2) is 0 Å². The number of nitrogens with zero attached hydrogens (tertiary/aromatic N) is 1. The highest BCUT2D eigenvalue weighted by molar-refractivity contribution is 5.90. The second kappa shape index (κ2) is 5.97. The average molecular weight is 283 g/mol. The minimum absolute atomic E-state index is 0.259. The van der Waals surface area contributed by atoms with Crippen LogP contribution in [-0.4, -0.2) is 19.4 Å². The third-order valence-electron chi connectivity index (χ3n) is 3.61. The first-order chi connectivity index (χ1) is 10.3. The van der Waals surface area contributed by atoms with Gasteiger partial charge >= 0.3 is 6.09 Å². The number of hydrogen-bond donors (Lipinski definition) is 0. The van der Waals surface area contributed by atoms with Crippen LogP contribution in [0.15, 0.2) is 54.6 Å². The zero-order chi connectivity index (χ0) is 14.7. The number of hydrogen-bond acceptors (Lipinski definition) is 3. The lowest BCUT2D eigenvalue weighted by molar-refractivity contribution is 0.0888. The molecule has 0 saturated carbocycles. The van der Waals surface area contributed by atoms with Gasteiger partial charge in [-0.25, -0.2) is 4.79 Å². The lowest BCUT2D eigenvalue weighted by Crippen LogP contribution is -2.39. The summed E-state index contributed by atoms with van der Waals surface area (Å²) in [5.74, 6) is 0. The van der Waals surface area contributed by atoms with Gasteiger partial charge in [-0.3, -0.25) is 4.90 Å². The molecular formula is C17H17NO3. The highest BCUT2D eigenvalue weighted by Gasteiger charge is 2.34. The summed E-state index contributed by atoms with van der Waals surface area (Å²) in [4.78, 5) is 14.0. The fraction of sp³-hybridized carbons (Fsp3) is 0.235. The number of ether oxygens (including phenoxy) is 2. The highest BCUT2D eigenvalue weighted by atomic mass is 16.6. The van der Waals surface area contributed by atoms with Crippen LogP contribution < -0.4 is 4.90 Å². The van der Waals surface area contributed by atoms with Crippen LogP contribution in [0.25, 0.3) is 0 Å². The van der Waals surface area contributed by atoms with Crippen molar-refractivity contribution < 1.29 is 14.3 Å². The standard InChI is InChI=1S/C17H17NO3/c1-20-16-11-14-9-5-6-10-15(14)18(16)17(19)21-12-13-7-3-2-4-8-13/h2-10,16H,11-12H2,1H3. The number of rotatable bonds is 3. The fourth-order valence-corrected chi connectivity index (χ4v) is 2.55. The molecule has 3 rings (SSSR count). The summed E-state index contributed by atoms with van der Waals surface area (Å²) in [7, 11) is 1.61. The van der Waals surface area contributed by atoms with E-state index >= 15 is 0 Å². The van der Waals surface area contributed by atoms with Gasteiger partial charge in [0.25, 0.3) is 0 Å². The molecule has 1 heterocycles. The summed E-state index contributed by atoms with van der Waals surface area (Å²) in [5, 5.41) is 0. The Morgan fingerprint density at radius 3 is 2.62 bits per heavy atom. The van der Waals surface area contributed by atoms with Crippen molar-refractivity contribution in [3.8, 4) is 0 Å². The molecule has 4 nitrogen and oxygen atoms in total. The highest BCUT2D eigenvalue weighted by Crippen LogP contribution is 2.32. The van der Waals surface area contributed by atoms with Crippen LogP contribution in [0, 0.1) is 0 Å². The van der Waals surface area contributed by atoms with Crippen molar-refractivity contribution in [3.05, 3.63) is 65.7 Å². The van der Waals surface area contributed by atoms with Crippen LogP contribution in [0.5, 0.6) is 0 Å². The van der Waals surface area contributed by atoms with E-state index in [2.05, 4.69) is 0 Å². The first-order valence-corrected chi connectivity index (χ1v) is 6.90. The van der Waals surface area contributed by atoms with Crippen molar-refractivity contribution in [3.63, 3.8) is 0 Å². The maximum Gasteiger partial charge on any atom is 0.416 e. The number of anilines is 1. The topological polar surface area (TPSA) is 38.8 Å². The lowest BCUT2D eigenvalue weighted by Gasteiger charge is -2.23. The third kappa shape index (κ3) is 2.76. The van der Waals surface area contributed by atoms with E-state index in [1.807, 2.05) is 54.6 Å². The van der Waals surface area contributed by atoms with Crippen molar-refractivity contribution in [2.75, 3.05) is 12.0 Å². The molecule has 108 valence electrons. The number of carbonyl (C=O) groups is 1. The maximum absolute atomic E-state index is 12.4. The smallest absolute Gasteiger partial charge is 0.416 e. The first kappa shape index (κ1) is 13.6. The fourth-order valence-electron chi connectivity index (χ4n) is 2.55. The molecule has 1 atom stereocenters. The SMILES string of the molecule is COC1Cc2ccccc2N1C(=O)OCc1ccccc1. The normalized spacial score (nSPS) is 16.6. The molecule has 1 unspecified atom stereocenters. The molecule has 1 aliphatic heterocycles. The van der Waals surface area contributed by atoms with Gasteiger partial charge in [-0.05, 0) is 17.2 Å². The number of amides is 1. The first-order valence-electron chi connectivity index (χ1n) is 6.90. The monoisotopic (exact) mass is 283 g/mol. The van der Waals surface area contributed by atoms with Crippen LogP contribution >= 0.6 is 0 Å². The van der Waals surface area contributed by atoms with E-state index in [9.17, 15) is 4.79 Å². The molecule has 0 fully saturated rings. The summed E-state index contributed by atoms with van der Waals surface area (Å²) < 4.78 is 10.8. The minimum atomic E-state index is -0.379. The second-order valence-corrected chi connectivity index (χ2v) is 4.93. The van der Waals surface area contributed by atoms with Crippen LogP contribution in [0.2, 0.25) is 0 Å². The van der Waals surface area contributed by atoms with Gasteiger partial charge in [0.2, 0.25) is 0 Å². The molecule has 1 aliphatic rings. The van der Waals surface area contributed by atoms with Gasteiger partial charge in [-0.1, -0.05) is 48.5 Å². The summed E-state index contributed by atoms with van der Waals surface area (Å²) in [6.07, 6.45) is 0.00828. The van der Waals surface area contributed by atoms with Crippen molar-refractivity contribution >= 4 is 11.8 Å². The number of fused-ring (bicyclic) bond motifs is 1. The molecule has 0 spiro atoms. The van der Waals surface area contributed by atoms with Gasteiger partial charge in [-0.15, -0.1) is 0 Å². The lowest BCUT2D eigenvalue weighted by atomic mass is 10.2. The summed E-state index contributed by atoms with van der Waals surface area (Å²) >= 11 is 0. The molecule has 4 heteroatoms. The van der Waals surface area contributed by atoms with Crippen LogP contribution in [0.4, 0.5) is 10.5 Å². The van der Waals surface area contributed by atoms with Gasteiger partial charge in [0.05, 0.1) is 5.69 Å². The second-order valence-electron chi connectivity index (χ2n) is 4.93. The molecule has 0 aromatic heterocycles. The quantitative estimate of drug-likeness (QED) is 0.867. The largest absolute Gasteiger partial charge is 0.444 e. The number of methoxy groups -OCH3 is 1. The van der Waals surface area contributed by atoms with E-state index in [4.69, 9.17) is 9.47 Å². The Kier molecular flexibility index (Phi) is 3.88. The molecule has 2 aromatic carbocycles. The Balaban J connectivity index is 1.74. The van der Waals surface area contributed by atoms with Crippen LogP contribution in [0.3, 0.4) is 0 Å². The predicted molar refractivity (Wildman–Crippen MR) is 80.0 cm³/mol. The van der Waals surface area contributed by atoms with Gasteiger partial charge in [0.1, 0.15) is 12.8 Å². The number of para-hydroxylation sites is 1. The van der Waals surface area contributed by atoms with E-state index in [1.165, 1.54) is 0 Å². The van der Waals surface area contributed by atoms with Crippen LogP contribution in [0.1, 0.15) is 11.1 Å². The number of benzene rings is 2. The summed E-state index contributed by atoms with van der Waals surface area (Å²) in [6.45, 7) is 0.259. The van der Waals surface area contributed by atoms with E-state index < -0.39 is 0 Å². The molecule has 0 bridgehead atoms. The molecule has 0 aliphatic carbocycles.